The van der Waals surface area contributed by atoms with Gasteiger partial charge in [0.25, 0.3) is 0 Å². The van der Waals surface area contributed by atoms with Crippen molar-refractivity contribution in [2.45, 2.75) is 0 Å². The van der Waals surface area contributed by atoms with Gasteiger partial charge in [0, 0.05) is 16.8 Å². The molecule has 4 aromatic carbocycles. The normalized spacial score (nSPS) is 11.7. The van der Waals surface area contributed by atoms with Gasteiger partial charge in [0.1, 0.15) is 0 Å². The fourth-order valence-electron chi connectivity index (χ4n) is 5.70. The van der Waals surface area contributed by atoms with E-state index in [4.69, 9.17) is 29.9 Å². The number of hydrogen-bond donors (Lipinski definition) is 2. The molecule has 5 heterocycles. The molecule has 0 aliphatic carbocycles. The monoisotopic (exact) mass is 644 g/mol. The molecule has 208 valence electrons. The van der Waals surface area contributed by atoms with Gasteiger partial charge in [0.15, 0.2) is 0 Å². The summed E-state index contributed by atoms with van der Waals surface area (Å²) in [4.78, 5) is 36.6. The summed E-state index contributed by atoms with van der Waals surface area (Å²) in [7, 11) is 0. The summed E-state index contributed by atoms with van der Waals surface area (Å²) in [5.41, 5.74) is 5.86. The van der Waals surface area contributed by atoms with Gasteiger partial charge in [-0.25, -0.2) is 0 Å². The van der Waals surface area contributed by atoms with Crippen molar-refractivity contribution < 1.29 is 35.5 Å². The molecule has 9 nitrogen and oxygen atoms in total. The summed E-state index contributed by atoms with van der Waals surface area (Å²) in [6.07, 6.45) is 0. The zero-order valence-electron chi connectivity index (χ0n) is 21.9. The first-order valence-corrected chi connectivity index (χ1v) is 14.2. The van der Waals surface area contributed by atoms with Crippen molar-refractivity contribution in [3.8, 4) is 45.6 Å². The number of rotatable bonds is 1. The molecule has 0 atom stereocenters. The molecule has 2 aliphatic rings. The Labute approximate surface area is 259 Å². The molecule has 3 aromatic heterocycles. The zero-order valence-corrected chi connectivity index (χ0v) is 24.1. The third-order valence-electron chi connectivity index (χ3n) is 7.60. The molecule has 0 saturated carbocycles. The molecule has 11 heteroatoms. The van der Waals surface area contributed by atoms with Gasteiger partial charge < -0.3 is 0 Å². The number of hydrogen-bond acceptors (Lipinski definition) is 7. The maximum absolute atomic E-state index is 12.3. The van der Waals surface area contributed by atoms with Crippen LogP contribution in [-0.4, -0.2) is 39.9 Å². The molecule has 9 rings (SSSR count). The van der Waals surface area contributed by atoms with E-state index in [0.29, 0.717) is 50.3 Å². The topological polar surface area (TPSA) is 126 Å². The molecule has 0 unspecified atom stereocenters. The van der Waals surface area contributed by atoms with E-state index >= 15 is 0 Å². The van der Waals surface area contributed by atoms with Crippen LogP contribution in [0, 0.1) is 0 Å². The van der Waals surface area contributed by atoms with Gasteiger partial charge >= 0.3 is 238 Å². The van der Waals surface area contributed by atoms with E-state index in [1.165, 1.54) is 0 Å². The van der Waals surface area contributed by atoms with Crippen LogP contribution in [0.4, 0.5) is 0 Å². The molecule has 43 heavy (non-hydrogen) atoms. The molecular formula is C32H17CoFeN8O. The van der Waals surface area contributed by atoms with Crippen molar-refractivity contribution in [1.82, 2.24) is 39.9 Å². The van der Waals surface area contributed by atoms with Crippen molar-refractivity contribution in [2.24, 2.45) is 0 Å². The second kappa shape index (κ2) is 9.82. The van der Waals surface area contributed by atoms with Gasteiger partial charge in [-0.2, -0.15) is 0 Å². The first-order valence-electron chi connectivity index (χ1n) is 13.2. The Morgan fingerprint density at radius 2 is 0.837 bits per heavy atom. The van der Waals surface area contributed by atoms with Gasteiger partial charge in [-0.3, -0.25) is 0 Å². The molecule has 7 aromatic rings. The summed E-state index contributed by atoms with van der Waals surface area (Å²) < 4.78 is 12.9. The number of aromatic amines is 2. The van der Waals surface area contributed by atoms with Crippen LogP contribution in [-0.2, 0) is 35.5 Å². The molecule has 0 spiro atoms. The average molecular weight is 644 g/mol. The minimum absolute atomic E-state index is 0. The van der Waals surface area contributed by atoms with Crippen molar-refractivity contribution in [2.75, 3.05) is 0 Å². The van der Waals surface area contributed by atoms with Crippen molar-refractivity contribution in [3.05, 3.63) is 91.0 Å². The van der Waals surface area contributed by atoms with Crippen LogP contribution in [0.15, 0.2) is 91.0 Å². The summed E-state index contributed by atoms with van der Waals surface area (Å²) >= 11 is -0.393. The van der Waals surface area contributed by atoms with E-state index in [1.807, 2.05) is 91.0 Å². The second-order valence-electron chi connectivity index (χ2n) is 9.97. The third kappa shape index (κ3) is 3.90. The molecular weight excluding hydrogens is 627 g/mol. The van der Waals surface area contributed by atoms with E-state index in [-0.39, 0.29) is 16.8 Å². The number of aromatic nitrogens is 8. The zero-order chi connectivity index (χ0) is 27.8. The van der Waals surface area contributed by atoms with E-state index in [2.05, 4.69) is 9.97 Å². The summed E-state index contributed by atoms with van der Waals surface area (Å²) in [5, 5.41) is 3.36. The standard InChI is InChI=1S/C32H17N8.Co.Fe.O/c1-2-10-18-17(9-1)25-33-26(18)38-28-21-13-5-6-14-22(21)30(35-28)40-32-24-16-8-7-15-23(24)31(36-32)39-29-20-12-4-3-11-19(20)27(34-29)37-25;;;/h1-15H,(H2,33,34,35,36,37,38,39,40);;;. The van der Waals surface area contributed by atoms with Crippen molar-refractivity contribution in [1.29, 1.82) is 0 Å². The fourth-order valence-corrected chi connectivity index (χ4v) is 6.27. The number of H-pyrrole nitrogens is 2. The van der Waals surface area contributed by atoms with Crippen LogP contribution in [0.2, 0.25) is 0 Å². The molecule has 1 radical (unpaired) electrons. The van der Waals surface area contributed by atoms with Crippen LogP contribution in [0.5, 0.6) is 0 Å². The van der Waals surface area contributed by atoms with Crippen molar-refractivity contribution in [3.63, 3.8) is 0 Å². The molecule has 8 bridgehead atoms. The molecule has 0 saturated heterocycles. The summed E-state index contributed by atoms with van der Waals surface area (Å²) in [6.45, 7) is 0. The first kappa shape index (κ1) is 25.8. The number of nitrogens with zero attached hydrogens (tertiary/aromatic N) is 6. The quantitative estimate of drug-likeness (QED) is 0.213. The van der Waals surface area contributed by atoms with Gasteiger partial charge in [0.05, 0.1) is 0 Å². The maximum atomic E-state index is 12.3. The van der Waals surface area contributed by atoms with E-state index < -0.39 is 14.9 Å². The van der Waals surface area contributed by atoms with E-state index in [9.17, 15) is 3.83 Å². The molecule has 0 amide bonds. The van der Waals surface area contributed by atoms with Crippen LogP contribution < -0.4 is 4.46 Å². The Balaban J connectivity index is 0.00000278. The first-order chi connectivity index (χ1) is 20.7. The summed E-state index contributed by atoms with van der Waals surface area (Å²) in [5.74, 6) is 2.12. The van der Waals surface area contributed by atoms with Crippen LogP contribution in [0.1, 0.15) is 0 Å². The molecule has 2 aliphatic heterocycles. The molecule has 2 N–H and O–H groups in total. The Morgan fingerprint density at radius 3 is 1.33 bits per heavy atom. The number of fused-ring (bicyclic) bond motifs is 20. The Hall–Kier alpha value is -4.93. The number of benzene rings is 4. The second-order valence-corrected chi connectivity index (χ2v) is 10.8. The van der Waals surface area contributed by atoms with Crippen LogP contribution >= 0.6 is 0 Å². The van der Waals surface area contributed by atoms with Gasteiger partial charge in [0.2, 0.25) is 0 Å². The van der Waals surface area contributed by atoms with Crippen molar-refractivity contribution >= 4 is 48.6 Å². The third-order valence-corrected chi connectivity index (χ3v) is 8.30. The van der Waals surface area contributed by atoms with E-state index in [0.717, 1.165) is 43.8 Å². The van der Waals surface area contributed by atoms with Gasteiger partial charge in [-0.1, -0.05) is 6.07 Å². The Kier molecular flexibility index (Phi) is 5.88. The van der Waals surface area contributed by atoms with Crippen LogP contribution in [0.3, 0.4) is 0 Å². The van der Waals surface area contributed by atoms with Crippen LogP contribution in [0.25, 0.3) is 89.7 Å². The van der Waals surface area contributed by atoms with Gasteiger partial charge in [-0.15, -0.1) is 0 Å². The molecule has 0 fully saturated rings. The Morgan fingerprint density at radius 1 is 0.442 bits per heavy atom. The summed E-state index contributed by atoms with van der Waals surface area (Å²) in [6, 6.07) is 29.4. The van der Waals surface area contributed by atoms with Gasteiger partial charge in [-0.05, 0) is 0 Å². The number of nitrogens with one attached hydrogen (secondary N) is 2. The minimum atomic E-state index is -0.393. The Bertz CT molecular complexity index is 2460. The predicted molar refractivity (Wildman–Crippen MR) is 156 cm³/mol. The average Bonchev–Trinajstić information content (AvgIpc) is 3.76. The predicted octanol–water partition coefficient (Wildman–Crippen LogP) is 5.92. The van der Waals surface area contributed by atoms with E-state index in [1.54, 1.807) is 0 Å². The fraction of sp³-hybridized carbons (Fsp3) is 0. The SMILES string of the molecule is [Co].[O]=[Fe][c]1cccc2c3nc4nc(nc5[nH]c(nc6nc(nc([nH]3)c12)-c1ccccc1-6)c1ccccc51)-c1ccccc1-4.